The van der Waals surface area contributed by atoms with Crippen LogP contribution in [0.15, 0.2) is 35.0 Å². The Morgan fingerprint density at radius 3 is 3.00 bits per heavy atom. The van der Waals surface area contributed by atoms with Crippen molar-refractivity contribution in [2.75, 3.05) is 0 Å². The molecule has 3 aromatic rings. The van der Waals surface area contributed by atoms with Crippen molar-refractivity contribution < 1.29 is 8.81 Å². The van der Waals surface area contributed by atoms with Crippen LogP contribution >= 0.6 is 0 Å². The van der Waals surface area contributed by atoms with E-state index in [9.17, 15) is 4.39 Å². The first-order chi connectivity index (χ1) is 9.13. The highest BCUT2D eigenvalue weighted by atomic mass is 19.1. The summed E-state index contributed by atoms with van der Waals surface area (Å²) in [5.41, 5.74) is 1.14. The molecule has 3 rings (SSSR count). The predicted molar refractivity (Wildman–Crippen MR) is 69.4 cm³/mol. The van der Waals surface area contributed by atoms with Crippen molar-refractivity contribution in [3.8, 4) is 0 Å². The highest BCUT2D eigenvalue weighted by Gasteiger charge is 2.11. The Labute approximate surface area is 109 Å². The van der Waals surface area contributed by atoms with Gasteiger partial charge in [-0.05, 0) is 12.1 Å². The maximum absolute atomic E-state index is 13.1. The highest BCUT2D eigenvalue weighted by molar-refractivity contribution is 5.72. The molecular formula is C14H14FN3O. The molecule has 19 heavy (non-hydrogen) atoms. The number of oxazole rings is 1. The molecule has 0 saturated heterocycles. The zero-order valence-electron chi connectivity index (χ0n) is 10.8. The van der Waals surface area contributed by atoms with Crippen LogP contribution in [0.1, 0.15) is 31.5 Å². The topological polar surface area (TPSA) is 43.9 Å². The lowest BCUT2D eigenvalue weighted by Gasteiger charge is -2.07. The number of hydrogen-bond acceptors (Lipinski definition) is 3. The molecule has 0 amide bonds. The minimum atomic E-state index is -0.308. The first-order valence-corrected chi connectivity index (χ1v) is 6.19. The van der Waals surface area contributed by atoms with Crippen molar-refractivity contribution in [3.63, 3.8) is 0 Å². The van der Waals surface area contributed by atoms with Gasteiger partial charge in [-0.3, -0.25) is 0 Å². The number of fused-ring (bicyclic) bond motifs is 1. The molecule has 0 saturated carbocycles. The van der Waals surface area contributed by atoms with Crippen molar-refractivity contribution in [2.45, 2.75) is 26.3 Å². The van der Waals surface area contributed by atoms with Crippen LogP contribution < -0.4 is 0 Å². The number of benzene rings is 1. The Morgan fingerprint density at radius 2 is 2.21 bits per heavy atom. The smallest absolute Gasteiger partial charge is 0.215 e. The second-order valence-corrected chi connectivity index (χ2v) is 4.79. The van der Waals surface area contributed by atoms with Crippen molar-refractivity contribution in [1.82, 2.24) is 14.5 Å². The molecule has 0 aliphatic rings. The van der Waals surface area contributed by atoms with Gasteiger partial charge in [-0.25, -0.2) is 14.4 Å². The summed E-state index contributed by atoms with van der Waals surface area (Å²) in [6.07, 6.45) is 3.66. The van der Waals surface area contributed by atoms with Gasteiger partial charge in [0.1, 0.15) is 23.7 Å². The lowest BCUT2D eigenvalue weighted by atomic mass is 10.2. The number of nitrogens with zero attached hydrogens (tertiary/aromatic N) is 3. The van der Waals surface area contributed by atoms with Crippen molar-refractivity contribution >= 4 is 11.1 Å². The Kier molecular flexibility index (Phi) is 2.81. The first kappa shape index (κ1) is 11.9. The molecule has 2 heterocycles. The average molecular weight is 259 g/mol. The molecule has 0 aliphatic carbocycles. The van der Waals surface area contributed by atoms with Crippen LogP contribution in [0.2, 0.25) is 0 Å². The molecule has 0 atom stereocenters. The molecule has 4 nitrogen and oxygen atoms in total. The minimum Gasteiger partial charge on any atom is -0.439 e. The highest BCUT2D eigenvalue weighted by Crippen LogP contribution is 2.19. The van der Waals surface area contributed by atoms with Gasteiger partial charge in [-0.15, -0.1) is 0 Å². The molecule has 2 aromatic heterocycles. The predicted octanol–water partition coefficient (Wildman–Crippen LogP) is 3.34. The minimum absolute atomic E-state index is 0.308. The Balaban J connectivity index is 1.94. The van der Waals surface area contributed by atoms with Crippen molar-refractivity contribution in [3.05, 3.63) is 48.1 Å². The first-order valence-electron chi connectivity index (χ1n) is 6.19. The normalized spacial score (nSPS) is 11.6. The fourth-order valence-corrected chi connectivity index (χ4v) is 2.12. The quantitative estimate of drug-likeness (QED) is 0.724. The summed E-state index contributed by atoms with van der Waals surface area (Å²) < 4.78 is 20.7. The van der Waals surface area contributed by atoms with E-state index in [2.05, 4.69) is 23.8 Å². The molecular weight excluding hydrogens is 245 g/mol. The molecule has 0 unspecified atom stereocenters. The SMILES string of the molecule is CC(C)c1nccn1Cc1nc2cc(F)ccc2o1. The summed E-state index contributed by atoms with van der Waals surface area (Å²) in [5.74, 6) is 1.56. The largest absolute Gasteiger partial charge is 0.439 e. The van der Waals surface area contributed by atoms with Gasteiger partial charge in [0.05, 0.1) is 0 Å². The van der Waals surface area contributed by atoms with E-state index in [1.165, 1.54) is 12.1 Å². The lowest BCUT2D eigenvalue weighted by molar-refractivity contribution is 0.498. The third-order valence-corrected chi connectivity index (χ3v) is 2.96. The van der Waals surface area contributed by atoms with E-state index in [0.29, 0.717) is 29.5 Å². The van der Waals surface area contributed by atoms with Crippen molar-refractivity contribution in [2.24, 2.45) is 0 Å². The van der Waals surface area contributed by atoms with Crippen LogP contribution in [0.25, 0.3) is 11.1 Å². The molecule has 0 spiro atoms. The number of hydrogen-bond donors (Lipinski definition) is 0. The van der Waals surface area contributed by atoms with Gasteiger partial charge in [0.2, 0.25) is 5.89 Å². The van der Waals surface area contributed by atoms with Gasteiger partial charge in [0.25, 0.3) is 0 Å². The summed E-state index contributed by atoms with van der Waals surface area (Å²) in [7, 11) is 0. The summed E-state index contributed by atoms with van der Waals surface area (Å²) in [6.45, 7) is 4.67. The van der Waals surface area contributed by atoms with Gasteiger partial charge in [-0.1, -0.05) is 13.8 Å². The van der Waals surface area contributed by atoms with E-state index < -0.39 is 0 Å². The van der Waals surface area contributed by atoms with Crippen LogP contribution in [-0.2, 0) is 6.54 Å². The van der Waals surface area contributed by atoms with Crippen LogP contribution in [0.4, 0.5) is 4.39 Å². The van der Waals surface area contributed by atoms with E-state index in [1.807, 2.05) is 10.8 Å². The molecule has 5 heteroatoms. The van der Waals surface area contributed by atoms with Crippen LogP contribution in [0.3, 0.4) is 0 Å². The zero-order chi connectivity index (χ0) is 13.4. The van der Waals surface area contributed by atoms with Gasteiger partial charge < -0.3 is 8.98 Å². The maximum atomic E-state index is 13.1. The van der Waals surface area contributed by atoms with Gasteiger partial charge in [0.15, 0.2) is 5.58 Å². The van der Waals surface area contributed by atoms with Gasteiger partial charge >= 0.3 is 0 Å². The summed E-state index contributed by atoms with van der Waals surface area (Å²) >= 11 is 0. The molecule has 98 valence electrons. The number of aromatic nitrogens is 3. The number of rotatable bonds is 3. The monoisotopic (exact) mass is 259 g/mol. The number of halogens is 1. The second-order valence-electron chi connectivity index (χ2n) is 4.79. The fourth-order valence-electron chi connectivity index (χ4n) is 2.12. The summed E-state index contributed by atoms with van der Waals surface area (Å²) in [4.78, 5) is 8.61. The van der Waals surface area contributed by atoms with E-state index in [-0.39, 0.29) is 5.82 Å². The Bertz CT molecular complexity index is 714. The van der Waals surface area contributed by atoms with E-state index in [0.717, 1.165) is 5.82 Å². The molecule has 0 bridgehead atoms. The summed E-state index contributed by atoms with van der Waals surface area (Å²) in [6, 6.07) is 4.34. The standard InChI is InChI=1S/C14H14FN3O/c1-9(2)14-16-5-6-18(14)8-13-17-11-7-10(15)3-4-12(11)19-13/h3-7,9H,8H2,1-2H3. The van der Waals surface area contributed by atoms with E-state index in [4.69, 9.17) is 4.42 Å². The lowest BCUT2D eigenvalue weighted by Crippen LogP contribution is -2.05. The molecule has 0 radical (unpaired) electrons. The maximum Gasteiger partial charge on any atom is 0.215 e. The third-order valence-electron chi connectivity index (χ3n) is 2.96. The Hall–Kier alpha value is -2.17. The fraction of sp³-hybridized carbons (Fsp3) is 0.286. The van der Waals surface area contributed by atoms with E-state index in [1.54, 1.807) is 12.3 Å². The van der Waals surface area contributed by atoms with Crippen LogP contribution in [-0.4, -0.2) is 14.5 Å². The molecule has 1 aromatic carbocycles. The van der Waals surface area contributed by atoms with Crippen LogP contribution in [0.5, 0.6) is 0 Å². The van der Waals surface area contributed by atoms with Crippen LogP contribution in [0, 0.1) is 5.82 Å². The van der Waals surface area contributed by atoms with Crippen molar-refractivity contribution in [1.29, 1.82) is 0 Å². The third kappa shape index (κ3) is 2.23. The van der Waals surface area contributed by atoms with E-state index >= 15 is 0 Å². The van der Waals surface area contributed by atoms with Gasteiger partial charge in [0, 0.05) is 24.4 Å². The average Bonchev–Trinajstić information content (AvgIpc) is 2.95. The molecule has 0 fully saturated rings. The Morgan fingerprint density at radius 1 is 1.37 bits per heavy atom. The summed E-state index contributed by atoms with van der Waals surface area (Å²) in [5, 5.41) is 0. The molecule has 0 aliphatic heterocycles. The molecule has 0 N–H and O–H groups in total. The number of imidazole rings is 1. The zero-order valence-corrected chi connectivity index (χ0v) is 10.8. The van der Waals surface area contributed by atoms with Gasteiger partial charge in [-0.2, -0.15) is 0 Å². The second kappa shape index (κ2) is 4.50.